The Morgan fingerprint density at radius 3 is 2.45 bits per heavy atom. The zero-order chi connectivity index (χ0) is 15.7. The Labute approximate surface area is 130 Å². The van der Waals surface area contributed by atoms with Gasteiger partial charge in [-0.1, -0.05) is 25.0 Å². The van der Waals surface area contributed by atoms with Gasteiger partial charge in [-0.2, -0.15) is 4.31 Å². The van der Waals surface area contributed by atoms with Crippen molar-refractivity contribution in [2.75, 3.05) is 6.54 Å². The van der Waals surface area contributed by atoms with Crippen molar-refractivity contribution >= 4 is 15.7 Å². The first kappa shape index (κ1) is 15.4. The average molecular weight is 324 g/mol. The highest BCUT2D eigenvalue weighted by atomic mass is 32.2. The Kier molecular flexibility index (Phi) is 4.18. The zero-order valence-corrected chi connectivity index (χ0v) is 13.2. The van der Waals surface area contributed by atoms with Gasteiger partial charge in [0.2, 0.25) is 10.0 Å². The summed E-state index contributed by atoms with van der Waals surface area (Å²) in [5, 5.41) is 11.1. The number of nitro benzene ring substituents is 1. The van der Waals surface area contributed by atoms with Crippen LogP contribution in [-0.4, -0.2) is 30.2 Å². The molecule has 1 aromatic carbocycles. The smallest absolute Gasteiger partial charge is 0.258 e. The number of hydrogen-bond donors (Lipinski definition) is 0. The van der Waals surface area contributed by atoms with Crippen LogP contribution in [0.15, 0.2) is 29.2 Å². The number of sulfonamides is 1. The lowest BCUT2D eigenvalue weighted by molar-refractivity contribution is -0.387. The van der Waals surface area contributed by atoms with E-state index in [2.05, 4.69) is 0 Å². The van der Waals surface area contributed by atoms with Gasteiger partial charge in [0.25, 0.3) is 5.69 Å². The van der Waals surface area contributed by atoms with Gasteiger partial charge in [-0.25, -0.2) is 8.42 Å². The molecule has 120 valence electrons. The normalized spacial score (nSPS) is 23.9. The highest BCUT2D eigenvalue weighted by molar-refractivity contribution is 7.89. The Bertz CT molecular complexity index is 668. The Morgan fingerprint density at radius 1 is 1.09 bits per heavy atom. The van der Waals surface area contributed by atoms with E-state index in [1.807, 2.05) is 0 Å². The molecule has 2 aliphatic rings. The first-order valence-electron chi connectivity index (χ1n) is 7.77. The molecule has 0 unspecified atom stereocenters. The summed E-state index contributed by atoms with van der Waals surface area (Å²) in [6.07, 6.45) is 6.13. The van der Waals surface area contributed by atoms with Gasteiger partial charge in [0.1, 0.15) is 0 Å². The fourth-order valence-corrected chi connectivity index (χ4v) is 5.74. The predicted molar refractivity (Wildman–Crippen MR) is 82.0 cm³/mol. The van der Waals surface area contributed by atoms with Crippen LogP contribution in [0.5, 0.6) is 0 Å². The van der Waals surface area contributed by atoms with Crippen molar-refractivity contribution in [3.63, 3.8) is 0 Å². The summed E-state index contributed by atoms with van der Waals surface area (Å²) in [4.78, 5) is 10.4. The van der Waals surface area contributed by atoms with Crippen molar-refractivity contribution in [3.05, 3.63) is 34.4 Å². The number of rotatable bonds is 4. The minimum atomic E-state index is -3.81. The van der Waals surface area contributed by atoms with E-state index in [1.54, 1.807) is 6.07 Å². The molecule has 1 saturated heterocycles. The standard InChI is InChI=1S/C15H20N2O4S/c18-17(19)14-8-3-4-10-15(14)22(20,21)16-11-5-9-13(16)12-6-1-2-7-12/h3-4,8,10,12-13H,1-2,5-7,9,11H2/t13-/m0/s1. The van der Waals surface area contributed by atoms with Gasteiger partial charge < -0.3 is 0 Å². The maximum atomic E-state index is 12.9. The van der Waals surface area contributed by atoms with Crippen LogP contribution in [0.3, 0.4) is 0 Å². The molecule has 22 heavy (non-hydrogen) atoms. The summed E-state index contributed by atoms with van der Waals surface area (Å²) >= 11 is 0. The lowest BCUT2D eigenvalue weighted by Gasteiger charge is -2.28. The van der Waals surface area contributed by atoms with Crippen molar-refractivity contribution in [2.45, 2.75) is 49.5 Å². The van der Waals surface area contributed by atoms with E-state index >= 15 is 0 Å². The third-order valence-corrected chi connectivity index (χ3v) is 6.81. The minimum Gasteiger partial charge on any atom is -0.258 e. The number of nitro groups is 1. The quantitative estimate of drug-likeness (QED) is 0.630. The Hall–Kier alpha value is -1.47. The average Bonchev–Trinajstić information content (AvgIpc) is 3.18. The lowest BCUT2D eigenvalue weighted by Crippen LogP contribution is -2.39. The van der Waals surface area contributed by atoms with Gasteiger partial charge in [0.15, 0.2) is 4.90 Å². The number of para-hydroxylation sites is 1. The first-order valence-corrected chi connectivity index (χ1v) is 9.21. The van der Waals surface area contributed by atoms with Crippen LogP contribution < -0.4 is 0 Å². The fraction of sp³-hybridized carbons (Fsp3) is 0.600. The van der Waals surface area contributed by atoms with E-state index in [9.17, 15) is 18.5 Å². The van der Waals surface area contributed by atoms with Gasteiger partial charge in [0, 0.05) is 18.7 Å². The third kappa shape index (κ3) is 2.63. The first-order chi connectivity index (χ1) is 10.5. The molecule has 2 fully saturated rings. The topological polar surface area (TPSA) is 80.5 Å². The predicted octanol–water partition coefficient (Wildman–Crippen LogP) is 2.94. The molecule has 1 aromatic rings. The van der Waals surface area contributed by atoms with E-state index in [4.69, 9.17) is 0 Å². The molecule has 1 aliphatic carbocycles. The largest absolute Gasteiger partial charge is 0.289 e. The van der Waals surface area contributed by atoms with Crippen LogP contribution in [0.2, 0.25) is 0 Å². The maximum Gasteiger partial charge on any atom is 0.289 e. The number of hydrogen-bond acceptors (Lipinski definition) is 4. The summed E-state index contributed by atoms with van der Waals surface area (Å²) in [5.41, 5.74) is -0.334. The van der Waals surface area contributed by atoms with Gasteiger partial charge in [0.05, 0.1) is 4.92 Å². The molecule has 0 spiro atoms. The lowest BCUT2D eigenvalue weighted by atomic mass is 9.97. The van der Waals surface area contributed by atoms with Gasteiger partial charge in [-0.05, 0) is 37.7 Å². The summed E-state index contributed by atoms with van der Waals surface area (Å²) in [7, 11) is -3.81. The summed E-state index contributed by atoms with van der Waals surface area (Å²) in [5.74, 6) is 0.403. The third-order valence-electron chi connectivity index (χ3n) is 4.84. The molecule has 0 N–H and O–H groups in total. The Morgan fingerprint density at radius 2 is 1.77 bits per heavy atom. The molecule has 0 amide bonds. The highest BCUT2D eigenvalue weighted by Gasteiger charge is 2.42. The van der Waals surface area contributed by atoms with Crippen molar-refractivity contribution in [3.8, 4) is 0 Å². The SMILES string of the molecule is O=[N+]([O-])c1ccccc1S(=O)(=O)N1CCC[C@H]1C1CCCC1. The van der Waals surface area contributed by atoms with Gasteiger partial charge in [-0.3, -0.25) is 10.1 Å². The summed E-state index contributed by atoms with van der Waals surface area (Å²) < 4.78 is 27.4. The second-order valence-corrected chi connectivity index (χ2v) is 7.95. The van der Waals surface area contributed by atoms with Crippen molar-refractivity contribution in [2.24, 2.45) is 5.92 Å². The van der Waals surface area contributed by atoms with Gasteiger partial charge >= 0.3 is 0 Å². The van der Waals surface area contributed by atoms with E-state index in [0.29, 0.717) is 12.5 Å². The molecule has 1 aliphatic heterocycles. The van der Waals surface area contributed by atoms with E-state index < -0.39 is 14.9 Å². The monoisotopic (exact) mass is 324 g/mol. The summed E-state index contributed by atoms with van der Waals surface area (Å²) in [6.45, 7) is 0.468. The molecule has 7 heteroatoms. The van der Waals surface area contributed by atoms with Crippen LogP contribution in [-0.2, 0) is 10.0 Å². The van der Waals surface area contributed by atoms with Crippen molar-refractivity contribution in [1.29, 1.82) is 0 Å². The molecular weight excluding hydrogens is 304 g/mol. The van der Waals surface area contributed by atoms with Gasteiger partial charge in [-0.15, -0.1) is 0 Å². The molecular formula is C15H20N2O4S. The van der Waals surface area contributed by atoms with Crippen molar-refractivity contribution in [1.82, 2.24) is 4.31 Å². The van der Waals surface area contributed by atoms with Crippen LogP contribution in [0.25, 0.3) is 0 Å². The summed E-state index contributed by atoms with van der Waals surface area (Å²) in [6, 6.07) is 5.65. The van der Waals surface area contributed by atoms with Crippen LogP contribution in [0, 0.1) is 16.0 Å². The van der Waals surface area contributed by atoms with E-state index in [-0.39, 0.29) is 16.6 Å². The van der Waals surface area contributed by atoms with Crippen molar-refractivity contribution < 1.29 is 13.3 Å². The van der Waals surface area contributed by atoms with E-state index in [1.165, 1.54) is 22.5 Å². The second kappa shape index (κ2) is 5.96. The maximum absolute atomic E-state index is 12.9. The Balaban J connectivity index is 1.97. The van der Waals surface area contributed by atoms with E-state index in [0.717, 1.165) is 38.5 Å². The zero-order valence-electron chi connectivity index (χ0n) is 12.3. The molecule has 1 saturated carbocycles. The molecule has 0 bridgehead atoms. The molecule has 0 aromatic heterocycles. The molecule has 1 atom stereocenters. The minimum absolute atomic E-state index is 0.00677. The molecule has 6 nitrogen and oxygen atoms in total. The number of benzene rings is 1. The fourth-order valence-electron chi connectivity index (χ4n) is 3.83. The highest BCUT2D eigenvalue weighted by Crippen LogP contribution is 2.39. The molecule has 3 rings (SSSR count). The molecule has 1 heterocycles. The number of nitrogens with zero attached hydrogens (tertiary/aromatic N) is 2. The van der Waals surface area contributed by atoms with Crippen LogP contribution >= 0.6 is 0 Å². The van der Waals surface area contributed by atoms with Crippen LogP contribution in [0.1, 0.15) is 38.5 Å². The van der Waals surface area contributed by atoms with Crippen LogP contribution in [0.4, 0.5) is 5.69 Å². The second-order valence-electron chi connectivity index (χ2n) is 6.09. The molecule has 0 radical (unpaired) electrons.